The average Bonchev–Trinajstić information content (AvgIpc) is 4.21. The molecule has 4 aliphatic heterocycles. The molecule has 0 radical (unpaired) electrons. The summed E-state index contributed by atoms with van der Waals surface area (Å²) in [6.07, 6.45) is 9.67. The molecule has 11 atom stereocenters. The number of phenolic OH excluding ortho intramolecular Hbond substituents is 1. The van der Waals surface area contributed by atoms with Gasteiger partial charge in [-0.15, -0.1) is 0 Å². The molecule has 15 nitrogen and oxygen atoms in total. The third-order valence-corrected chi connectivity index (χ3v) is 20.0. The number of ketones is 2. The molecule has 15 heteroatoms. The maximum Gasteiger partial charge on any atom is 0.261 e. The minimum atomic E-state index is -2.43. The van der Waals surface area contributed by atoms with Crippen molar-refractivity contribution in [2.24, 2.45) is 22.2 Å². The second-order valence-electron chi connectivity index (χ2n) is 23.3. The first kappa shape index (κ1) is 43.0. The van der Waals surface area contributed by atoms with Crippen molar-refractivity contribution in [1.82, 2.24) is 19.9 Å². The van der Waals surface area contributed by atoms with Crippen molar-refractivity contribution in [3.05, 3.63) is 116 Å². The summed E-state index contributed by atoms with van der Waals surface area (Å²) >= 11 is 0. The summed E-state index contributed by atoms with van der Waals surface area (Å²) < 4.78 is 14.7. The number of aliphatic hydroxyl groups is 5. The van der Waals surface area contributed by atoms with Crippen LogP contribution in [0.2, 0.25) is 0 Å². The fraction of sp³-hybridized carbons (Fsp3) is 0.500. The molecule has 11 unspecified atom stereocenters. The Morgan fingerprint density at radius 2 is 1.75 bits per heavy atom. The first-order chi connectivity index (χ1) is 34.2. The van der Waals surface area contributed by atoms with Gasteiger partial charge in [-0.1, -0.05) is 18.4 Å². The van der Waals surface area contributed by atoms with E-state index in [4.69, 9.17) is 14.5 Å². The second-order valence-corrected chi connectivity index (χ2v) is 23.3. The molecule has 7 heterocycles. The number of aromatic nitrogens is 4. The van der Waals surface area contributed by atoms with Crippen molar-refractivity contribution in [2.45, 2.75) is 145 Å². The third-order valence-electron chi connectivity index (χ3n) is 20.0. The summed E-state index contributed by atoms with van der Waals surface area (Å²) in [6.45, 7) is 1.75. The molecule has 11 aliphatic rings. The van der Waals surface area contributed by atoms with Gasteiger partial charge in [0, 0.05) is 81.3 Å². The number of rotatable bonds is 2. The van der Waals surface area contributed by atoms with E-state index in [-0.39, 0.29) is 57.5 Å². The second kappa shape index (κ2) is 14.1. The molecule has 5 spiro atoms. The number of hydrogen-bond acceptors (Lipinski definition) is 13. The van der Waals surface area contributed by atoms with E-state index in [9.17, 15) is 30.6 Å². The minimum absolute atomic E-state index is 0.0104. The summed E-state index contributed by atoms with van der Waals surface area (Å²) in [5, 5.41) is 82.1. The Morgan fingerprint density at radius 1 is 0.901 bits per heavy atom. The zero-order valence-electron chi connectivity index (χ0n) is 39.5. The Labute approximate surface area is 408 Å². The summed E-state index contributed by atoms with van der Waals surface area (Å²) in [4.78, 5) is 46.6. The monoisotopic (exact) mass is 959 g/mol. The van der Waals surface area contributed by atoms with Crippen LogP contribution in [0, 0.1) is 29.1 Å². The normalized spacial score (nSPS) is 36.6. The van der Waals surface area contributed by atoms with Crippen LogP contribution in [0.15, 0.2) is 60.2 Å². The van der Waals surface area contributed by atoms with Crippen LogP contribution in [0.25, 0.3) is 16.3 Å². The number of hydrogen-bond donors (Lipinski definition) is 9. The lowest BCUT2D eigenvalue weighted by Gasteiger charge is -2.64. The van der Waals surface area contributed by atoms with Gasteiger partial charge in [-0.25, -0.2) is 9.97 Å². The van der Waals surface area contributed by atoms with Gasteiger partial charge in [0.15, 0.2) is 17.5 Å². The predicted molar refractivity (Wildman–Crippen MR) is 257 cm³/mol. The molecule has 1 saturated heterocycles. The average molecular weight is 960 g/mol. The molecule has 8 bridgehead atoms. The Kier molecular flexibility index (Phi) is 8.52. The molecule has 0 amide bonds. The number of carbonyl (C=O) groups is 2. The van der Waals surface area contributed by atoms with E-state index >= 15 is 9.59 Å². The molecule has 7 aliphatic carbocycles. The highest BCUT2D eigenvalue weighted by atomic mass is 16.7. The number of aryl methyl sites for hydroxylation is 1. The largest absolute Gasteiger partial charge is 0.507 e. The van der Waals surface area contributed by atoms with Gasteiger partial charge < -0.3 is 55.4 Å². The highest BCUT2D eigenvalue weighted by Crippen LogP contribution is 2.75. The van der Waals surface area contributed by atoms with Crippen LogP contribution in [0.4, 0.5) is 5.82 Å². The number of pyridine rings is 1. The molecule has 4 fully saturated rings. The summed E-state index contributed by atoms with van der Waals surface area (Å²) in [5.41, 5.74) is 2.90. The topological polar surface area (TPSA) is 243 Å². The van der Waals surface area contributed by atoms with Gasteiger partial charge in [-0.2, -0.15) is 0 Å². The Morgan fingerprint density at radius 3 is 2.56 bits per heavy atom. The molecular weight excluding hydrogens is 903 g/mol. The van der Waals surface area contributed by atoms with Gasteiger partial charge in [0.2, 0.25) is 5.78 Å². The number of benzene rings is 2. The van der Waals surface area contributed by atoms with E-state index < -0.39 is 64.3 Å². The van der Waals surface area contributed by atoms with Crippen molar-refractivity contribution in [2.75, 3.05) is 11.9 Å². The van der Waals surface area contributed by atoms with E-state index in [2.05, 4.69) is 20.3 Å². The number of ether oxygens (including phenoxy) is 2. The van der Waals surface area contributed by atoms with Gasteiger partial charge in [0.25, 0.3) is 5.79 Å². The standard InChI is InChI=1S/C56H57N5O10/c1-25-15-31-38(35(62)16-25)46(65)41-36-18-30-28(39(41)45(31)64)8-14-58-50(30)59-22-37(63)54-11-7-26-5-4-6-29-34(17-27-21-57-24-60-27)61-44(40(29)42(26)54)32-19-55(70-36)48(67)47(66)49(68)56(71-55)43(32)33(54)20-53(51(56)69)13-12-52(23-53)9-2-3-10-52/h8,14-16,18-19,21,24,26,37,42,47-49,51,61-63,66-69H,2-7,9-13,17,20,22-23H2,1H3,(H,57,60)(H,58,59). The van der Waals surface area contributed by atoms with Crippen LogP contribution in [-0.2, 0) is 17.6 Å². The fourth-order valence-corrected chi connectivity index (χ4v) is 17.2. The maximum atomic E-state index is 15.2. The van der Waals surface area contributed by atoms with Gasteiger partial charge in [-0.05, 0) is 147 Å². The molecule has 3 saturated carbocycles. The highest BCUT2D eigenvalue weighted by molar-refractivity contribution is 6.34. The van der Waals surface area contributed by atoms with E-state index in [0.29, 0.717) is 65.4 Å². The third kappa shape index (κ3) is 5.19. The van der Waals surface area contributed by atoms with Gasteiger partial charge in [-0.3, -0.25) is 9.59 Å². The molecule has 16 rings (SSSR count). The number of anilines is 1. The maximum absolute atomic E-state index is 15.2. The van der Waals surface area contributed by atoms with Crippen LogP contribution in [0.5, 0.6) is 11.5 Å². The molecule has 366 valence electrons. The highest BCUT2D eigenvalue weighted by Gasteiger charge is 2.76. The lowest BCUT2D eigenvalue weighted by Crippen LogP contribution is -2.78. The number of carbonyl (C=O) groups excluding carboxylic acids is 2. The number of aliphatic hydroxyl groups excluding tert-OH is 5. The van der Waals surface area contributed by atoms with Crippen molar-refractivity contribution in [3.63, 3.8) is 0 Å². The summed E-state index contributed by atoms with van der Waals surface area (Å²) in [7, 11) is 0. The quantitative estimate of drug-likeness (QED) is 0.0955. The van der Waals surface area contributed by atoms with Crippen LogP contribution in [0.1, 0.15) is 149 Å². The number of fused-ring (bicyclic) bond motifs is 5. The van der Waals surface area contributed by atoms with Gasteiger partial charge in [0.05, 0.1) is 29.7 Å². The Balaban J connectivity index is 1.08. The smallest absolute Gasteiger partial charge is 0.261 e. The summed E-state index contributed by atoms with van der Waals surface area (Å²) in [5.74, 6) is -4.00. The van der Waals surface area contributed by atoms with E-state index in [1.807, 2.05) is 0 Å². The minimum Gasteiger partial charge on any atom is -0.507 e. The van der Waals surface area contributed by atoms with Crippen molar-refractivity contribution >= 4 is 33.7 Å². The van der Waals surface area contributed by atoms with Crippen LogP contribution in [0.3, 0.4) is 0 Å². The van der Waals surface area contributed by atoms with Crippen LogP contribution < -0.4 is 10.1 Å². The number of nitrogens with one attached hydrogen (secondary N) is 3. The fourth-order valence-electron chi connectivity index (χ4n) is 17.2. The molecule has 2 aromatic carbocycles. The van der Waals surface area contributed by atoms with Gasteiger partial charge >= 0.3 is 0 Å². The van der Waals surface area contributed by atoms with E-state index in [1.165, 1.54) is 6.07 Å². The number of imidazole rings is 1. The number of phenols is 1. The van der Waals surface area contributed by atoms with Crippen LogP contribution >= 0.6 is 0 Å². The predicted octanol–water partition coefficient (Wildman–Crippen LogP) is 6.10. The summed E-state index contributed by atoms with van der Waals surface area (Å²) in [6, 6.07) is 6.22. The first-order valence-electron chi connectivity index (χ1n) is 25.8. The van der Waals surface area contributed by atoms with Crippen molar-refractivity contribution in [1.29, 1.82) is 0 Å². The van der Waals surface area contributed by atoms with E-state index in [0.717, 1.165) is 91.6 Å². The Hall–Kier alpha value is -5.68. The van der Waals surface area contributed by atoms with Gasteiger partial charge in [0.1, 0.15) is 29.5 Å². The number of aromatic hydroxyl groups is 1. The zero-order chi connectivity index (χ0) is 48.3. The lowest BCUT2D eigenvalue weighted by molar-refractivity contribution is -0.366. The number of aromatic amines is 2. The van der Waals surface area contributed by atoms with Crippen LogP contribution in [-0.4, -0.2) is 111 Å². The first-order valence-corrected chi connectivity index (χ1v) is 25.8. The molecule has 71 heavy (non-hydrogen) atoms. The Bertz CT molecular complexity index is 3300. The van der Waals surface area contributed by atoms with E-state index in [1.54, 1.807) is 49.9 Å². The SMILES string of the molecule is Cc1cc(O)c2c(c1)C(=O)c1c(c3cc4c(nccc14)NCC(O)C14CCC5CCCc6c(Cc7cnc[nH]7)[nH]c(c6C51)C1=CC5(O3)OC3(C1=C4CC1(CCC4(CCCC4)C1)C3O)C(O)C(O)C5O)C2=O. The molecular formula is C56H57N5O10. The molecule has 9 N–H and O–H groups in total. The zero-order valence-corrected chi connectivity index (χ0v) is 39.5. The molecule has 5 aromatic rings. The number of H-pyrrole nitrogens is 2. The lowest BCUT2D eigenvalue weighted by atomic mass is 9.50. The van der Waals surface area contributed by atoms with Crippen molar-refractivity contribution < 1.29 is 49.7 Å². The number of nitrogens with zero attached hydrogens (tertiary/aromatic N) is 2. The molecule has 3 aromatic heterocycles. The van der Waals surface area contributed by atoms with Crippen molar-refractivity contribution in [3.8, 4) is 11.5 Å².